The molecule has 7 heteroatoms. The van der Waals surface area contributed by atoms with Crippen LogP contribution in [-0.4, -0.2) is 67.9 Å². The van der Waals surface area contributed by atoms with Gasteiger partial charge in [0.15, 0.2) is 0 Å². The van der Waals surface area contributed by atoms with E-state index in [9.17, 15) is 5.11 Å². The zero-order valence-electron chi connectivity index (χ0n) is 19.8. The molecule has 0 aromatic heterocycles. The van der Waals surface area contributed by atoms with Crippen molar-refractivity contribution in [1.29, 1.82) is 0 Å². The number of hydrogen-bond acceptors (Lipinski definition) is 5. The first kappa shape index (κ1) is 26.5. The molecule has 2 aromatic rings. The van der Waals surface area contributed by atoms with E-state index in [2.05, 4.69) is 83.9 Å². The molecule has 3 rings (SSSR count). The number of halogens is 2. The highest BCUT2D eigenvalue weighted by Gasteiger charge is 2.24. The van der Waals surface area contributed by atoms with Crippen molar-refractivity contribution >= 4 is 34.2 Å². The number of β-amino-alcohol motifs (C(OH)–C–C–N with tert-alkyl or cyclic N) is 1. The van der Waals surface area contributed by atoms with E-state index < -0.39 is 6.10 Å². The van der Waals surface area contributed by atoms with E-state index in [-0.39, 0.29) is 5.41 Å². The lowest BCUT2D eigenvalue weighted by atomic mass is 9.78. The zero-order valence-corrected chi connectivity index (χ0v) is 22.7. The van der Waals surface area contributed by atoms with Crippen molar-refractivity contribution in [2.75, 3.05) is 51.8 Å². The molecule has 1 saturated heterocycles. The number of aliphatic hydroxyl groups is 1. The van der Waals surface area contributed by atoms with Crippen LogP contribution in [0.4, 0.5) is 0 Å². The van der Waals surface area contributed by atoms with Gasteiger partial charge in [-0.15, -0.1) is 11.6 Å². The molecule has 0 saturated carbocycles. The molecular formula is C26H36ClIN2O3. The number of rotatable bonds is 11. The Morgan fingerprint density at radius 2 is 1.73 bits per heavy atom. The quantitative estimate of drug-likeness (QED) is 0.302. The minimum Gasteiger partial charge on any atom is -0.492 e. The Bertz CT molecular complexity index is 872. The highest BCUT2D eigenvalue weighted by Crippen LogP contribution is 2.35. The first-order chi connectivity index (χ1) is 15.8. The van der Waals surface area contributed by atoms with Crippen molar-refractivity contribution in [3.05, 3.63) is 57.2 Å². The van der Waals surface area contributed by atoms with Gasteiger partial charge >= 0.3 is 0 Å². The van der Waals surface area contributed by atoms with Crippen molar-refractivity contribution in [3.63, 3.8) is 0 Å². The van der Waals surface area contributed by atoms with Crippen LogP contribution < -0.4 is 14.8 Å². The average molecular weight is 583 g/mol. The molecular weight excluding hydrogens is 547 g/mol. The summed E-state index contributed by atoms with van der Waals surface area (Å²) in [5, 5.41) is 13.6. The number of aliphatic hydroxyl groups excluding tert-OH is 1. The van der Waals surface area contributed by atoms with E-state index in [1.165, 1.54) is 11.1 Å². The van der Waals surface area contributed by atoms with Crippen molar-refractivity contribution in [2.24, 2.45) is 5.92 Å². The molecule has 0 aliphatic carbocycles. The van der Waals surface area contributed by atoms with Crippen molar-refractivity contribution in [3.8, 4) is 11.5 Å². The molecule has 2 N–H and O–H groups in total. The van der Waals surface area contributed by atoms with Crippen LogP contribution in [-0.2, 0) is 5.41 Å². The summed E-state index contributed by atoms with van der Waals surface area (Å²) in [7, 11) is 0. The molecule has 182 valence electrons. The van der Waals surface area contributed by atoms with Gasteiger partial charge in [-0.25, -0.2) is 0 Å². The number of nitrogens with zero attached hydrogens (tertiary/aromatic N) is 1. The summed E-state index contributed by atoms with van der Waals surface area (Å²) in [5.41, 5.74) is 2.27. The minimum atomic E-state index is -0.491. The van der Waals surface area contributed by atoms with Crippen molar-refractivity contribution < 1.29 is 14.6 Å². The Kier molecular flexibility index (Phi) is 10.1. The van der Waals surface area contributed by atoms with Gasteiger partial charge in [0.05, 0.1) is 10.2 Å². The summed E-state index contributed by atoms with van der Waals surface area (Å²) in [5.74, 6) is 2.59. The topological polar surface area (TPSA) is 54.0 Å². The molecule has 0 spiro atoms. The molecule has 1 aliphatic rings. The molecule has 0 bridgehead atoms. The summed E-state index contributed by atoms with van der Waals surface area (Å²) >= 11 is 8.23. The van der Waals surface area contributed by atoms with Crippen LogP contribution in [0.15, 0.2) is 42.5 Å². The number of nitrogens with one attached hydrogen (secondary N) is 1. The fraction of sp³-hybridized carbons (Fsp3) is 0.538. The van der Waals surface area contributed by atoms with Crippen LogP contribution >= 0.6 is 34.2 Å². The highest BCUT2D eigenvalue weighted by atomic mass is 123. The largest absolute Gasteiger partial charge is 0.492 e. The van der Waals surface area contributed by atoms with Crippen molar-refractivity contribution in [2.45, 2.75) is 32.3 Å². The first-order valence-electron chi connectivity index (χ1n) is 11.6. The Labute approximate surface area is 216 Å². The van der Waals surface area contributed by atoms with E-state index in [0.29, 0.717) is 31.6 Å². The van der Waals surface area contributed by atoms with E-state index in [1.807, 2.05) is 12.1 Å². The Morgan fingerprint density at radius 1 is 1.06 bits per heavy atom. The van der Waals surface area contributed by atoms with Crippen LogP contribution in [0, 0.1) is 9.49 Å². The second kappa shape index (κ2) is 12.6. The maximum Gasteiger partial charge on any atom is 0.132 e. The second-order valence-electron chi connectivity index (χ2n) is 9.38. The SMILES string of the molecule is C[C@H](CCl)COc1ccc(C(C)(C)c2ccc(OC[C@H](O)CN3CCNCC3)cc2)cc1[123I]. The summed E-state index contributed by atoms with van der Waals surface area (Å²) in [4.78, 5) is 2.27. The third-order valence-electron chi connectivity index (χ3n) is 6.14. The van der Waals surface area contributed by atoms with E-state index >= 15 is 0 Å². The molecule has 1 heterocycles. The molecule has 0 radical (unpaired) electrons. The van der Waals surface area contributed by atoms with Crippen LogP contribution in [0.25, 0.3) is 0 Å². The lowest BCUT2D eigenvalue weighted by molar-refractivity contribution is 0.0641. The van der Waals surface area contributed by atoms with Gasteiger partial charge < -0.3 is 19.9 Å². The summed E-state index contributed by atoms with van der Waals surface area (Å²) < 4.78 is 12.9. The molecule has 1 aliphatic heterocycles. The molecule has 33 heavy (non-hydrogen) atoms. The third-order valence-corrected chi connectivity index (χ3v) is 7.51. The molecule has 0 unspecified atom stereocenters. The zero-order chi connectivity index (χ0) is 23.8. The van der Waals surface area contributed by atoms with Crippen LogP contribution in [0.5, 0.6) is 11.5 Å². The lowest BCUT2D eigenvalue weighted by Crippen LogP contribution is -2.47. The van der Waals surface area contributed by atoms with Gasteiger partial charge in [-0.1, -0.05) is 39.0 Å². The van der Waals surface area contributed by atoms with Gasteiger partial charge in [-0.3, -0.25) is 4.90 Å². The maximum atomic E-state index is 10.3. The standard InChI is InChI=1S/C26H36ClIN2O3/c1-19(15-27)17-33-25-9-6-21(14-24(25)28)26(2,3)20-4-7-23(8-5-20)32-18-22(31)16-30-12-10-29-11-13-30/h4-9,14,19,22,29,31H,10-13,15-18H2,1-3H3/t19-,22-/m1/s1/i28-4. The van der Waals surface area contributed by atoms with Gasteiger partial charge in [-0.05, 0) is 58.0 Å². The molecule has 1 fully saturated rings. The molecule has 2 aromatic carbocycles. The lowest BCUT2D eigenvalue weighted by Gasteiger charge is -2.29. The highest BCUT2D eigenvalue weighted by molar-refractivity contribution is 14.1. The summed E-state index contributed by atoms with van der Waals surface area (Å²) in [6, 6.07) is 14.6. The third kappa shape index (κ3) is 7.72. The van der Waals surface area contributed by atoms with Gasteiger partial charge in [0.2, 0.25) is 0 Å². The van der Waals surface area contributed by atoms with E-state index in [1.54, 1.807) is 0 Å². The Balaban J connectivity index is 1.57. The van der Waals surface area contributed by atoms with Gasteiger partial charge in [0.25, 0.3) is 0 Å². The summed E-state index contributed by atoms with van der Waals surface area (Å²) in [6.45, 7) is 12.0. The predicted molar refractivity (Wildman–Crippen MR) is 144 cm³/mol. The average Bonchev–Trinajstić information content (AvgIpc) is 2.82. The van der Waals surface area contributed by atoms with Gasteiger partial charge in [-0.2, -0.15) is 0 Å². The Morgan fingerprint density at radius 3 is 2.36 bits per heavy atom. The number of alkyl halides is 1. The fourth-order valence-electron chi connectivity index (χ4n) is 3.85. The number of piperazine rings is 1. The summed E-state index contributed by atoms with van der Waals surface area (Å²) in [6.07, 6.45) is -0.491. The minimum absolute atomic E-state index is 0.164. The molecule has 0 amide bonds. The molecule has 5 nitrogen and oxygen atoms in total. The molecule has 2 atom stereocenters. The normalized spacial score (nSPS) is 16.9. The number of benzene rings is 2. The van der Waals surface area contributed by atoms with Crippen molar-refractivity contribution in [1.82, 2.24) is 10.2 Å². The predicted octanol–water partition coefficient (Wildman–Crippen LogP) is 4.52. The van der Waals surface area contributed by atoms with Crippen LogP contribution in [0.3, 0.4) is 0 Å². The van der Waals surface area contributed by atoms with E-state index in [4.69, 9.17) is 21.1 Å². The monoisotopic (exact) mass is 582 g/mol. The Hall–Kier alpha value is -1.06. The number of ether oxygens (including phenoxy) is 2. The smallest absolute Gasteiger partial charge is 0.132 e. The van der Waals surface area contributed by atoms with Gasteiger partial charge in [0.1, 0.15) is 24.2 Å². The van der Waals surface area contributed by atoms with Gasteiger partial charge in [0, 0.05) is 49.9 Å². The van der Waals surface area contributed by atoms with Crippen LogP contribution in [0.1, 0.15) is 31.9 Å². The maximum absolute atomic E-state index is 10.3. The fourth-order valence-corrected chi connectivity index (χ4v) is 4.61. The van der Waals surface area contributed by atoms with Crippen LogP contribution in [0.2, 0.25) is 0 Å². The second-order valence-corrected chi connectivity index (χ2v) is 10.9. The van der Waals surface area contributed by atoms with E-state index in [0.717, 1.165) is 41.2 Å². The first-order valence-corrected chi connectivity index (χ1v) is 13.2. The number of hydrogen-bond donors (Lipinski definition) is 2.